The predicted octanol–water partition coefficient (Wildman–Crippen LogP) is 2.08. The molecule has 9 heteroatoms. The van der Waals surface area contributed by atoms with Crippen molar-refractivity contribution in [3.8, 4) is 0 Å². The summed E-state index contributed by atoms with van der Waals surface area (Å²) in [6, 6.07) is 12.6. The second kappa shape index (κ2) is 8.87. The second-order valence-corrected chi connectivity index (χ2v) is 8.91. The van der Waals surface area contributed by atoms with Gasteiger partial charge in [0.05, 0.1) is 11.9 Å². The van der Waals surface area contributed by atoms with E-state index in [0.717, 1.165) is 24.9 Å². The van der Waals surface area contributed by atoms with Gasteiger partial charge in [0.25, 0.3) is 0 Å². The fourth-order valence-electron chi connectivity index (χ4n) is 3.28. The fourth-order valence-corrected chi connectivity index (χ4v) is 4.13. The molecular formula is C20H23F2N3O3S. The van der Waals surface area contributed by atoms with Crippen LogP contribution < -0.4 is 4.31 Å². The minimum atomic E-state index is -3.93. The van der Waals surface area contributed by atoms with Gasteiger partial charge in [0.1, 0.15) is 18.2 Å². The van der Waals surface area contributed by atoms with Crippen LogP contribution in [0.2, 0.25) is 0 Å². The molecule has 0 unspecified atom stereocenters. The first-order valence-corrected chi connectivity index (χ1v) is 11.1. The molecule has 0 atom stereocenters. The standard InChI is InChI=1S/C20H23F2N3O3S/c1-29(27,28)25(19-8-7-17(21)13-18(19)22)15-20(26)24-11-9-23(10-12-24)14-16-5-3-2-4-6-16/h2-8,13H,9-12,14-15H2,1H3. The van der Waals surface area contributed by atoms with Gasteiger partial charge in [0, 0.05) is 38.8 Å². The van der Waals surface area contributed by atoms with Gasteiger partial charge in [-0.05, 0) is 17.7 Å². The van der Waals surface area contributed by atoms with Crippen LogP contribution in [0.3, 0.4) is 0 Å². The molecule has 0 saturated carbocycles. The molecule has 2 aromatic carbocycles. The molecule has 0 bridgehead atoms. The summed E-state index contributed by atoms with van der Waals surface area (Å²) in [7, 11) is -3.93. The maximum Gasteiger partial charge on any atom is 0.243 e. The van der Waals surface area contributed by atoms with E-state index in [9.17, 15) is 22.0 Å². The number of amides is 1. The molecular weight excluding hydrogens is 400 g/mol. The Bertz CT molecular complexity index is 962. The summed E-state index contributed by atoms with van der Waals surface area (Å²) in [5, 5.41) is 0. The Kier molecular flexibility index (Phi) is 6.49. The normalized spacial score (nSPS) is 15.3. The summed E-state index contributed by atoms with van der Waals surface area (Å²) in [6.07, 6.45) is 0.890. The molecule has 29 heavy (non-hydrogen) atoms. The summed E-state index contributed by atoms with van der Waals surface area (Å²) in [5.74, 6) is -2.27. The van der Waals surface area contributed by atoms with Gasteiger partial charge < -0.3 is 4.90 Å². The number of carbonyl (C=O) groups is 1. The molecule has 6 nitrogen and oxygen atoms in total. The molecule has 1 aliphatic heterocycles. The number of benzene rings is 2. The lowest BCUT2D eigenvalue weighted by molar-refractivity contribution is -0.131. The number of anilines is 1. The van der Waals surface area contributed by atoms with Crippen molar-refractivity contribution < 1.29 is 22.0 Å². The van der Waals surface area contributed by atoms with Crippen molar-refractivity contribution in [2.75, 3.05) is 43.3 Å². The maximum atomic E-state index is 14.1. The maximum absolute atomic E-state index is 14.1. The van der Waals surface area contributed by atoms with Gasteiger partial charge >= 0.3 is 0 Å². The number of hydrogen-bond acceptors (Lipinski definition) is 4. The van der Waals surface area contributed by atoms with Crippen LogP contribution >= 0.6 is 0 Å². The molecule has 0 spiro atoms. The van der Waals surface area contributed by atoms with Crippen LogP contribution in [0.5, 0.6) is 0 Å². The van der Waals surface area contributed by atoms with Crippen molar-refractivity contribution in [2.45, 2.75) is 6.54 Å². The van der Waals surface area contributed by atoms with Crippen LogP contribution in [-0.4, -0.2) is 63.1 Å². The number of piperazine rings is 1. The smallest absolute Gasteiger partial charge is 0.243 e. The molecule has 156 valence electrons. The lowest BCUT2D eigenvalue weighted by Gasteiger charge is -2.35. The van der Waals surface area contributed by atoms with Crippen LogP contribution in [-0.2, 0) is 21.4 Å². The van der Waals surface area contributed by atoms with Gasteiger partial charge in [-0.25, -0.2) is 17.2 Å². The van der Waals surface area contributed by atoms with Crippen LogP contribution in [0.25, 0.3) is 0 Å². The van der Waals surface area contributed by atoms with E-state index in [1.807, 2.05) is 30.3 Å². The van der Waals surface area contributed by atoms with E-state index in [1.165, 1.54) is 5.56 Å². The zero-order valence-electron chi connectivity index (χ0n) is 16.1. The molecule has 1 aliphatic rings. The second-order valence-electron chi connectivity index (χ2n) is 7.01. The van der Waals surface area contributed by atoms with Crippen LogP contribution in [0, 0.1) is 11.6 Å². The Morgan fingerprint density at radius 1 is 1.03 bits per heavy atom. The third kappa shape index (κ3) is 5.51. The zero-order chi connectivity index (χ0) is 21.0. The lowest BCUT2D eigenvalue weighted by Crippen LogP contribution is -2.51. The van der Waals surface area contributed by atoms with Crippen LogP contribution in [0.1, 0.15) is 5.56 Å². The number of rotatable bonds is 6. The number of hydrogen-bond donors (Lipinski definition) is 0. The Morgan fingerprint density at radius 2 is 1.69 bits per heavy atom. The van der Waals surface area contributed by atoms with Crippen molar-refractivity contribution in [3.05, 3.63) is 65.7 Å². The molecule has 0 aliphatic carbocycles. The van der Waals surface area contributed by atoms with E-state index in [1.54, 1.807) is 4.90 Å². The van der Waals surface area contributed by atoms with Crippen molar-refractivity contribution in [3.63, 3.8) is 0 Å². The first-order chi connectivity index (χ1) is 13.7. The van der Waals surface area contributed by atoms with Crippen molar-refractivity contribution >= 4 is 21.6 Å². The summed E-state index contributed by atoms with van der Waals surface area (Å²) < 4.78 is 52.2. The van der Waals surface area contributed by atoms with Gasteiger partial charge in [-0.3, -0.25) is 14.0 Å². The topological polar surface area (TPSA) is 60.9 Å². The van der Waals surface area contributed by atoms with Crippen LogP contribution in [0.4, 0.5) is 14.5 Å². The highest BCUT2D eigenvalue weighted by atomic mass is 32.2. The largest absolute Gasteiger partial charge is 0.339 e. The van der Waals surface area contributed by atoms with E-state index in [-0.39, 0.29) is 5.69 Å². The molecule has 0 N–H and O–H groups in total. The summed E-state index contributed by atoms with van der Waals surface area (Å²) in [4.78, 5) is 16.5. The van der Waals surface area contributed by atoms with Gasteiger partial charge in [-0.1, -0.05) is 30.3 Å². The van der Waals surface area contributed by atoms with Gasteiger partial charge in [0.2, 0.25) is 15.9 Å². The molecule has 1 amide bonds. The highest BCUT2D eigenvalue weighted by Gasteiger charge is 2.28. The SMILES string of the molecule is CS(=O)(=O)N(CC(=O)N1CCN(Cc2ccccc2)CC1)c1ccc(F)cc1F. The predicted molar refractivity (Wildman–Crippen MR) is 107 cm³/mol. The molecule has 3 rings (SSSR count). The number of sulfonamides is 1. The van der Waals surface area contributed by atoms with E-state index in [2.05, 4.69) is 4.90 Å². The summed E-state index contributed by atoms with van der Waals surface area (Å²) >= 11 is 0. The van der Waals surface area contributed by atoms with Crippen LogP contribution in [0.15, 0.2) is 48.5 Å². The fraction of sp³-hybridized carbons (Fsp3) is 0.350. The van der Waals surface area contributed by atoms with Gasteiger partial charge in [-0.2, -0.15) is 0 Å². The Labute approximate surface area is 169 Å². The Morgan fingerprint density at radius 3 is 2.28 bits per heavy atom. The molecule has 1 fully saturated rings. The molecule has 1 heterocycles. The zero-order valence-corrected chi connectivity index (χ0v) is 16.9. The third-order valence-corrected chi connectivity index (χ3v) is 5.96. The van der Waals surface area contributed by atoms with E-state index in [4.69, 9.17) is 0 Å². The monoisotopic (exact) mass is 423 g/mol. The van der Waals surface area contributed by atoms with E-state index >= 15 is 0 Å². The van der Waals surface area contributed by atoms with Gasteiger partial charge in [0.15, 0.2) is 0 Å². The van der Waals surface area contributed by atoms with E-state index in [0.29, 0.717) is 36.6 Å². The summed E-state index contributed by atoms with van der Waals surface area (Å²) in [5.41, 5.74) is 0.840. The van der Waals surface area contributed by atoms with Crippen molar-refractivity contribution in [1.29, 1.82) is 0 Å². The quantitative estimate of drug-likeness (QED) is 0.714. The minimum absolute atomic E-state index is 0.343. The van der Waals surface area contributed by atoms with E-state index < -0.39 is 34.1 Å². The molecule has 2 aromatic rings. The third-order valence-electron chi connectivity index (χ3n) is 4.83. The molecule has 0 aromatic heterocycles. The summed E-state index contributed by atoms with van der Waals surface area (Å²) in [6.45, 7) is 2.47. The van der Waals surface area contributed by atoms with Gasteiger partial charge in [-0.15, -0.1) is 0 Å². The molecule has 0 radical (unpaired) electrons. The Balaban J connectivity index is 1.63. The lowest BCUT2D eigenvalue weighted by atomic mass is 10.2. The highest BCUT2D eigenvalue weighted by molar-refractivity contribution is 7.92. The minimum Gasteiger partial charge on any atom is -0.339 e. The first-order valence-electron chi connectivity index (χ1n) is 9.21. The average Bonchev–Trinajstić information content (AvgIpc) is 2.67. The van der Waals surface area contributed by atoms with Crippen molar-refractivity contribution in [1.82, 2.24) is 9.80 Å². The Hall–Kier alpha value is -2.52. The average molecular weight is 423 g/mol. The number of carbonyl (C=O) groups excluding carboxylic acids is 1. The number of halogens is 2. The van der Waals surface area contributed by atoms with Crippen molar-refractivity contribution in [2.24, 2.45) is 0 Å². The number of nitrogens with zero attached hydrogens (tertiary/aromatic N) is 3. The highest BCUT2D eigenvalue weighted by Crippen LogP contribution is 2.23. The first kappa shape index (κ1) is 21.2. The molecule has 1 saturated heterocycles.